The highest BCUT2D eigenvalue weighted by Crippen LogP contribution is 2.36. The van der Waals surface area contributed by atoms with E-state index < -0.39 is 31.8 Å². The van der Waals surface area contributed by atoms with E-state index in [1.807, 2.05) is 27.7 Å². The van der Waals surface area contributed by atoms with E-state index >= 15 is 0 Å². The third kappa shape index (κ3) is 4.83. The van der Waals surface area contributed by atoms with E-state index in [-0.39, 0.29) is 6.61 Å². The van der Waals surface area contributed by atoms with Gasteiger partial charge in [0.25, 0.3) is 0 Å². The van der Waals surface area contributed by atoms with Crippen LogP contribution in [-0.2, 0) is 27.4 Å². The molecule has 1 atom stereocenters. The number of esters is 1. The lowest BCUT2D eigenvalue weighted by Crippen LogP contribution is -2.46. The van der Waals surface area contributed by atoms with Crippen LogP contribution in [0.4, 0.5) is 4.79 Å². The van der Waals surface area contributed by atoms with Crippen molar-refractivity contribution in [3.8, 4) is 0 Å². The molecule has 0 fully saturated rings. The summed E-state index contributed by atoms with van der Waals surface area (Å²) in [6, 6.07) is 0. The van der Waals surface area contributed by atoms with Crippen molar-refractivity contribution in [2.45, 2.75) is 86.0 Å². The molecular weight excluding hydrogens is 386 g/mol. The maximum Gasteiger partial charge on any atom is 0.407 e. The van der Waals surface area contributed by atoms with Crippen molar-refractivity contribution in [2.24, 2.45) is 0 Å². The molecule has 0 spiro atoms. The van der Waals surface area contributed by atoms with Gasteiger partial charge in [0.2, 0.25) is 0 Å². The van der Waals surface area contributed by atoms with Gasteiger partial charge in [0.05, 0.1) is 20.3 Å². The fourth-order valence-electron chi connectivity index (χ4n) is 4.25. The quantitative estimate of drug-likeness (QED) is 0.568. The Balaban J connectivity index is 2.81. The van der Waals surface area contributed by atoms with Crippen LogP contribution in [0.5, 0.6) is 0 Å². The molecule has 1 aliphatic rings. The Hall–Kier alpha value is -1.86. The molecule has 1 amide bonds. The van der Waals surface area contributed by atoms with Gasteiger partial charge in [-0.2, -0.15) is 0 Å². The SMILES string of the molecule is CCOC(=O)C(OC(C)(C)C)c1c(C)c2c(c(C)c1[Si](C)(C)C)CN(C(=O)O)C2. The molecule has 0 bridgehead atoms. The number of carboxylic acid groups (broad SMARTS) is 1. The topological polar surface area (TPSA) is 76.1 Å². The Kier molecular flexibility index (Phi) is 6.55. The minimum atomic E-state index is -1.91. The molecule has 1 heterocycles. The van der Waals surface area contributed by atoms with Crippen LogP contribution in [0.2, 0.25) is 19.6 Å². The summed E-state index contributed by atoms with van der Waals surface area (Å²) in [5, 5.41) is 10.7. The predicted molar refractivity (Wildman–Crippen MR) is 116 cm³/mol. The van der Waals surface area contributed by atoms with Crippen molar-refractivity contribution in [2.75, 3.05) is 6.61 Å². The first kappa shape index (κ1) is 23.4. The molecule has 0 radical (unpaired) electrons. The smallest absolute Gasteiger partial charge is 0.407 e. The lowest BCUT2D eigenvalue weighted by atomic mass is 9.91. The van der Waals surface area contributed by atoms with E-state index in [0.29, 0.717) is 13.1 Å². The summed E-state index contributed by atoms with van der Waals surface area (Å²) in [4.78, 5) is 26.0. The fourth-order valence-corrected chi connectivity index (χ4v) is 6.65. The van der Waals surface area contributed by atoms with Crippen molar-refractivity contribution >= 4 is 25.3 Å². The summed E-state index contributed by atoms with van der Waals surface area (Å²) in [7, 11) is -1.91. The van der Waals surface area contributed by atoms with Crippen molar-refractivity contribution in [3.63, 3.8) is 0 Å². The van der Waals surface area contributed by atoms with Gasteiger partial charge in [0, 0.05) is 13.1 Å². The van der Waals surface area contributed by atoms with Gasteiger partial charge in [0.15, 0.2) is 6.10 Å². The van der Waals surface area contributed by atoms with Crippen LogP contribution >= 0.6 is 0 Å². The second-order valence-electron chi connectivity index (χ2n) is 9.75. The molecule has 1 N–H and O–H groups in total. The molecule has 1 unspecified atom stereocenters. The maximum absolute atomic E-state index is 13.0. The molecule has 2 rings (SSSR count). The molecule has 6 nitrogen and oxygen atoms in total. The molecular formula is C22H35NO5Si. The van der Waals surface area contributed by atoms with Gasteiger partial charge in [-0.15, -0.1) is 0 Å². The number of hydrogen-bond donors (Lipinski definition) is 1. The monoisotopic (exact) mass is 421 g/mol. The van der Waals surface area contributed by atoms with E-state index in [0.717, 1.165) is 27.8 Å². The lowest BCUT2D eigenvalue weighted by molar-refractivity contribution is -0.166. The maximum atomic E-state index is 13.0. The minimum absolute atomic E-state index is 0.279. The molecule has 0 aromatic heterocycles. The molecule has 7 heteroatoms. The van der Waals surface area contributed by atoms with Crippen LogP contribution in [0.15, 0.2) is 0 Å². The number of carbonyl (C=O) groups excluding carboxylic acids is 1. The van der Waals surface area contributed by atoms with Crippen molar-refractivity contribution in [3.05, 3.63) is 27.8 Å². The molecule has 1 aromatic rings. The first-order valence-corrected chi connectivity index (χ1v) is 13.7. The van der Waals surface area contributed by atoms with Gasteiger partial charge in [-0.25, -0.2) is 9.59 Å². The summed E-state index contributed by atoms with van der Waals surface area (Å²) in [5.41, 5.74) is 4.45. The normalized spacial score (nSPS) is 15.3. The number of rotatable bonds is 5. The Labute approximate surface area is 175 Å². The summed E-state index contributed by atoms with van der Waals surface area (Å²) >= 11 is 0. The summed E-state index contributed by atoms with van der Waals surface area (Å²) < 4.78 is 11.7. The highest BCUT2D eigenvalue weighted by Gasteiger charge is 2.39. The summed E-state index contributed by atoms with van der Waals surface area (Å²) in [6.45, 7) is 19.3. The standard InChI is InChI=1S/C22H35NO5Si/c1-10-27-20(24)18(28-22(4,5)6)17-13(2)15-11-23(21(25)26)12-16(15)14(3)19(17)29(7,8)9/h18H,10-12H2,1-9H3,(H,25,26). The van der Waals surface area contributed by atoms with Gasteiger partial charge >= 0.3 is 12.1 Å². The Morgan fingerprint density at radius 1 is 1.10 bits per heavy atom. The highest BCUT2D eigenvalue weighted by molar-refractivity contribution is 6.89. The largest absolute Gasteiger partial charge is 0.465 e. The zero-order valence-electron chi connectivity index (χ0n) is 19.2. The zero-order chi connectivity index (χ0) is 22.3. The fraction of sp³-hybridized carbons (Fsp3) is 0.636. The van der Waals surface area contributed by atoms with Crippen LogP contribution in [0.3, 0.4) is 0 Å². The summed E-state index contributed by atoms with van der Waals surface area (Å²) in [6.07, 6.45) is -1.76. The van der Waals surface area contributed by atoms with Crippen LogP contribution < -0.4 is 5.19 Å². The number of carbonyl (C=O) groups is 2. The van der Waals surface area contributed by atoms with E-state index in [1.165, 1.54) is 10.1 Å². The number of ether oxygens (including phenoxy) is 2. The first-order chi connectivity index (χ1) is 13.2. The Bertz CT molecular complexity index is 820. The van der Waals surface area contributed by atoms with Gasteiger partial charge in [-0.1, -0.05) is 24.8 Å². The molecule has 1 aliphatic heterocycles. The zero-order valence-corrected chi connectivity index (χ0v) is 20.2. The van der Waals surface area contributed by atoms with Gasteiger partial charge < -0.3 is 14.6 Å². The van der Waals surface area contributed by atoms with Gasteiger partial charge in [-0.3, -0.25) is 4.90 Å². The second-order valence-corrected chi connectivity index (χ2v) is 14.7. The molecule has 0 aliphatic carbocycles. The van der Waals surface area contributed by atoms with E-state index in [9.17, 15) is 14.7 Å². The average molecular weight is 422 g/mol. The number of nitrogens with zero attached hydrogens (tertiary/aromatic N) is 1. The molecule has 1 aromatic carbocycles. The van der Waals surface area contributed by atoms with Crippen LogP contribution in [0, 0.1) is 13.8 Å². The van der Waals surface area contributed by atoms with Crippen LogP contribution in [0.25, 0.3) is 0 Å². The Morgan fingerprint density at radius 2 is 1.62 bits per heavy atom. The van der Waals surface area contributed by atoms with Crippen molar-refractivity contribution in [1.29, 1.82) is 0 Å². The predicted octanol–water partition coefficient (Wildman–Crippen LogP) is 4.26. The average Bonchev–Trinajstić information content (AvgIpc) is 3.00. The van der Waals surface area contributed by atoms with Crippen LogP contribution in [0.1, 0.15) is 61.6 Å². The highest BCUT2D eigenvalue weighted by atomic mass is 28.3. The Morgan fingerprint density at radius 3 is 2.03 bits per heavy atom. The first-order valence-electron chi connectivity index (χ1n) is 10.2. The van der Waals surface area contributed by atoms with Gasteiger partial charge in [0.1, 0.15) is 0 Å². The molecule has 0 saturated carbocycles. The molecule has 162 valence electrons. The number of hydrogen-bond acceptors (Lipinski definition) is 4. The lowest BCUT2D eigenvalue weighted by Gasteiger charge is -2.34. The third-order valence-electron chi connectivity index (χ3n) is 5.27. The van der Waals surface area contributed by atoms with Gasteiger partial charge in [-0.05, 0) is 69.4 Å². The second kappa shape index (κ2) is 8.11. The minimum Gasteiger partial charge on any atom is -0.465 e. The number of fused-ring (bicyclic) bond motifs is 1. The van der Waals surface area contributed by atoms with Crippen molar-refractivity contribution < 1.29 is 24.2 Å². The number of amides is 1. The number of benzene rings is 1. The van der Waals surface area contributed by atoms with Crippen LogP contribution in [-0.4, -0.2) is 42.4 Å². The molecule has 29 heavy (non-hydrogen) atoms. The third-order valence-corrected chi connectivity index (χ3v) is 7.42. The molecule has 0 saturated heterocycles. The van der Waals surface area contributed by atoms with E-state index in [2.05, 4.69) is 26.6 Å². The van der Waals surface area contributed by atoms with E-state index in [1.54, 1.807) is 6.92 Å². The summed E-state index contributed by atoms with van der Waals surface area (Å²) in [5.74, 6) is -0.391. The van der Waals surface area contributed by atoms with Crippen molar-refractivity contribution in [1.82, 2.24) is 4.90 Å². The van der Waals surface area contributed by atoms with E-state index in [4.69, 9.17) is 9.47 Å².